The lowest BCUT2D eigenvalue weighted by molar-refractivity contribution is 0.276. The number of hydrogen-bond donors (Lipinski definition) is 1. The third-order valence-electron chi connectivity index (χ3n) is 3.60. The van der Waals surface area contributed by atoms with Crippen molar-refractivity contribution in [3.05, 3.63) is 47.9 Å². The summed E-state index contributed by atoms with van der Waals surface area (Å²) in [6.07, 6.45) is 5.56. The summed E-state index contributed by atoms with van der Waals surface area (Å²) in [7, 11) is 0. The fourth-order valence-corrected chi connectivity index (χ4v) is 2.62. The number of fused-ring (bicyclic) bond motifs is 1. The van der Waals surface area contributed by atoms with Gasteiger partial charge in [-0.25, -0.2) is 4.98 Å². The van der Waals surface area contributed by atoms with Crippen LogP contribution in [0.5, 0.6) is 0 Å². The van der Waals surface area contributed by atoms with Gasteiger partial charge in [0.15, 0.2) is 5.82 Å². The maximum absolute atomic E-state index is 9.20. The number of hydrogen-bond acceptors (Lipinski definition) is 4. The Hall–Kier alpha value is -1.94. The number of benzene rings is 1. The van der Waals surface area contributed by atoms with Gasteiger partial charge in [0, 0.05) is 11.7 Å². The molecule has 2 heterocycles. The lowest BCUT2D eigenvalue weighted by Gasteiger charge is -2.36. The minimum absolute atomic E-state index is 0.0787. The van der Waals surface area contributed by atoms with E-state index in [-0.39, 0.29) is 6.61 Å². The van der Waals surface area contributed by atoms with Crippen molar-refractivity contribution in [1.82, 2.24) is 9.97 Å². The van der Waals surface area contributed by atoms with Crippen LogP contribution in [0.3, 0.4) is 0 Å². The van der Waals surface area contributed by atoms with Crippen molar-refractivity contribution in [3.8, 4) is 0 Å². The van der Waals surface area contributed by atoms with Gasteiger partial charge < -0.3 is 10.0 Å². The first-order chi connectivity index (χ1) is 9.29. The first kappa shape index (κ1) is 12.1. The SMILES string of the molecule is CC1CCc2ccccc2N1c1cncc(CO)n1. The molecule has 0 bridgehead atoms. The fourth-order valence-electron chi connectivity index (χ4n) is 2.62. The molecule has 0 saturated carbocycles. The second kappa shape index (κ2) is 4.97. The standard InChI is InChI=1S/C15H17N3O/c1-11-6-7-12-4-2-3-5-14(12)18(11)15-9-16-8-13(10-19)17-15/h2-5,8-9,11,19H,6-7,10H2,1H3. The van der Waals surface area contributed by atoms with Crippen LogP contribution in [0.25, 0.3) is 0 Å². The second-order valence-corrected chi connectivity index (χ2v) is 4.91. The van der Waals surface area contributed by atoms with E-state index in [0.29, 0.717) is 11.7 Å². The predicted molar refractivity (Wildman–Crippen MR) is 74.3 cm³/mol. The maximum Gasteiger partial charge on any atom is 0.152 e. The summed E-state index contributed by atoms with van der Waals surface area (Å²) in [5.74, 6) is 0.811. The largest absolute Gasteiger partial charge is 0.390 e. The van der Waals surface area contributed by atoms with E-state index in [0.717, 1.165) is 18.7 Å². The van der Waals surface area contributed by atoms with E-state index in [9.17, 15) is 5.11 Å². The molecule has 1 unspecified atom stereocenters. The molecular formula is C15H17N3O. The molecule has 0 fully saturated rings. The molecule has 0 spiro atoms. The molecule has 1 aliphatic rings. The molecule has 3 rings (SSSR count). The Morgan fingerprint density at radius 2 is 2.16 bits per heavy atom. The Kier molecular flexibility index (Phi) is 3.17. The molecule has 0 saturated heterocycles. The van der Waals surface area contributed by atoms with E-state index in [2.05, 4.69) is 40.0 Å². The third-order valence-corrected chi connectivity index (χ3v) is 3.60. The molecule has 4 heteroatoms. The lowest BCUT2D eigenvalue weighted by atomic mass is 9.97. The number of aryl methyl sites for hydroxylation is 1. The van der Waals surface area contributed by atoms with Crippen molar-refractivity contribution in [3.63, 3.8) is 0 Å². The average molecular weight is 255 g/mol. The predicted octanol–water partition coefficient (Wildman–Crippen LogP) is 2.44. The van der Waals surface area contributed by atoms with Gasteiger partial charge in [-0.05, 0) is 31.4 Å². The van der Waals surface area contributed by atoms with Gasteiger partial charge in [0.25, 0.3) is 0 Å². The minimum atomic E-state index is -0.0787. The molecule has 0 radical (unpaired) electrons. The summed E-state index contributed by atoms with van der Waals surface area (Å²) in [6, 6.07) is 8.80. The highest BCUT2D eigenvalue weighted by atomic mass is 16.3. The van der Waals surface area contributed by atoms with E-state index in [1.807, 2.05) is 6.07 Å². The zero-order valence-corrected chi connectivity index (χ0v) is 11.0. The van der Waals surface area contributed by atoms with Gasteiger partial charge in [-0.2, -0.15) is 0 Å². The number of aromatic nitrogens is 2. The van der Waals surface area contributed by atoms with Crippen molar-refractivity contribution in [2.24, 2.45) is 0 Å². The first-order valence-corrected chi connectivity index (χ1v) is 6.58. The van der Waals surface area contributed by atoms with Crippen molar-refractivity contribution in [2.45, 2.75) is 32.4 Å². The Morgan fingerprint density at radius 3 is 3.00 bits per heavy atom. The normalized spacial score (nSPS) is 18.2. The molecule has 1 aromatic heterocycles. The number of aliphatic hydroxyl groups is 1. The van der Waals surface area contributed by atoms with Crippen molar-refractivity contribution in [1.29, 1.82) is 0 Å². The lowest BCUT2D eigenvalue weighted by Crippen LogP contribution is -2.34. The van der Waals surface area contributed by atoms with E-state index < -0.39 is 0 Å². The molecule has 4 nitrogen and oxygen atoms in total. The highest BCUT2D eigenvalue weighted by Crippen LogP contribution is 2.35. The smallest absolute Gasteiger partial charge is 0.152 e. The topological polar surface area (TPSA) is 49.2 Å². The fraction of sp³-hybridized carbons (Fsp3) is 0.333. The number of para-hydroxylation sites is 1. The van der Waals surface area contributed by atoms with Crippen LogP contribution in [-0.4, -0.2) is 21.1 Å². The van der Waals surface area contributed by atoms with Crippen molar-refractivity contribution >= 4 is 11.5 Å². The molecule has 0 amide bonds. The number of nitrogens with zero attached hydrogens (tertiary/aromatic N) is 3. The Morgan fingerprint density at radius 1 is 1.32 bits per heavy atom. The van der Waals surface area contributed by atoms with E-state index >= 15 is 0 Å². The third kappa shape index (κ3) is 2.19. The highest BCUT2D eigenvalue weighted by molar-refractivity contribution is 5.65. The molecular weight excluding hydrogens is 238 g/mol. The molecule has 2 aromatic rings. The Labute approximate surface area is 112 Å². The van der Waals surface area contributed by atoms with Gasteiger partial charge >= 0.3 is 0 Å². The van der Waals surface area contributed by atoms with Crippen LogP contribution in [0.1, 0.15) is 24.6 Å². The van der Waals surface area contributed by atoms with Gasteiger partial charge in [0.2, 0.25) is 0 Å². The molecule has 1 atom stereocenters. The summed E-state index contributed by atoms with van der Waals surface area (Å²) in [4.78, 5) is 10.9. The second-order valence-electron chi connectivity index (χ2n) is 4.91. The van der Waals surface area contributed by atoms with Crippen molar-refractivity contribution < 1.29 is 5.11 Å². The zero-order chi connectivity index (χ0) is 13.2. The summed E-state index contributed by atoms with van der Waals surface area (Å²) >= 11 is 0. The van der Waals surface area contributed by atoms with E-state index in [1.165, 1.54) is 11.3 Å². The average Bonchev–Trinajstić information content (AvgIpc) is 2.47. The van der Waals surface area contributed by atoms with Crippen LogP contribution in [0.2, 0.25) is 0 Å². The molecule has 1 aromatic carbocycles. The molecule has 1 aliphatic heterocycles. The van der Waals surface area contributed by atoms with Crippen LogP contribution >= 0.6 is 0 Å². The van der Waals surface area contributed by atoms with Gasteiger partial charge in [0.05, 0.1) is 24.7 Å². The van der Waals surface area contributed by atoms with Gasteiger partial charge in [0.1, 0.15) is 0 Å². The van der Waals surface area contributed by atoms with Crippen LogP contribution in [0, 0.1) is 0 Å². The van der Waals surface area contributed by atoms with E-state index in [4.69, 9.17) is 0 Å². The van der Waals surface area contributed by atoms with Crippen LogP contribution in [0.4, 0.5) is 11.5 Å². The summed E-state index contributed by atoms with van der Waals surface area (Å²) < 4.78 is 0. The first-order valence-electron chi connectivity index (χ1n) is 6.58. The van der Waals surface area contributed by atoms with Gasteiger partial charge in [-0.3, -0.25) is 4.98 Å². The number of aliphatic hydroxyl groups excluding tert-OH is 1. The Bertz CT molecular complexity index is 585. The minimum Gasteiger partial charge on any atom is -0.390 e. The Balaban J connectivity index is 2.07. The van der Waals surface area contributed by atoms with E-state index in [1.54, 1.807) is 12.4 Å². The monoisotopic (exact) mass is 255 g/mol. The van der Waals surface area contributed by atoms with Crippen LogP contribution < -0.4 is 4.90 Å². The molecule has 0 aliphatic carbocycles. The molecule has 98 valence electrons. The number of rotatable bonds is 2. The van der Waals surface area contributed by atoms with Gasteiger partial charge in [-0.15, -0.1) is 0 Å². The van der Waals surface area contributed by atoms with Crippen LogP contribution in [0.15, 0.2) is 36.7 Å². The molecule has 1 N–H and O–H groups in total. The highest BCUT2D eigenvalue weighted by Gasteiger charge is 2.25. The zero-order valence-electron chi connectivity index (χ0n) is 11.0. The quantitative estimate of drug-likeness (QED) is 0.895. The van der Waals surface area contributed by atoms with Gasteiger partial charge in [-0.1, -0.05) is 18.2 Å². The summed E-state index contributed by atoms with van der Waals surface area (Å²) in [5.41, 5.74) is 3.15. The van der Waals surface area contributed by atoms with Crippen LogP contribution in [-0.2, 0) is 13.0 Å². The maximum atomic E-state index is 9.20. The van der Waals surface area contributed by atoms with Crippen molar-refractivity contribution in [2.75, 3.05) is 4.90 Å². The summed E-state index contributed by atoms with van der Waals surface area (Å²) in [5, 5.41) is 9.20. The summed E-state index contributed by atoms with van der Waals surface area (Å²) in [6.45, 7) is 2.12. The number of anilines is 2. The molecule has 19 heavy (non-hydrogen) atoms.